The van der Waals surface area contributed by atoms with Crippen LogP contribution in [0.15, 0.2) is 36.4 Å². The van der Waals surface area contributed by atoms with Crippen molar-refractivity contribution < 1.29 is 14.0 Å². The van der Waals surface area contributed by atoms with E-state index < -0.39 is 11.9 Å². The van der Waals surface area contributed by atoms with E-state index >= 15 is 0 Å². The first-order valence-electron chi connectivity index (χ1n) is 10.8. The van der Waals surface area contributed by atoms with Crippen LogP contribution in [0.4, 0.5) is 4.39 Å². The zero-order chi connectivity index (χ0) is 24.4. The summed E-state index contributed by atoms with van der Waals surface area (Å²) in [6.07, 6.45) is 2.23. The first-order chi connectivity index (χ1) is 15.8. The highest BCUT2D eigenvalue weighted by Gasteiger charge is 2.29. The molecule has 0 aliphatic carbocycles. The Morgan fingerprint density at radius 1 is 1.03 bits per heavy atom. The van der Waals surface area contributed by atoms with Gasteiger partial charge in [0.2, 0.25) is 11.8 Å². The fourth-order valence-corrected chi connectivity index (χ4v) is 5.04. The van der Waals surface area contributed by atoms with Crippen LogP contribution >= 0.6 is 46.6 Å². The second-order valence-electron chi connectivity index (χ2n) is 7.48. The summed E-state index contributed by atoms with van der Waals surface area (Å²) in [5, 5.41) is 4.07. The average molecular weight is 534 g/mol. The number of carbonyl (C=O) groups excluding carboxylic acids is 2. The van der Waals surface area contributed by atoms with Crippen molar-refractivity contribution >= 4 is 58.4 Å². The number of unbranched alkanes of at least 4 members (excludes halogenated alkanes) is 1. The van der Waals surface area contributed by atoms with Gasteiger partial charge in [-0.2, -0.15) is 0 Å². The summed E-state index contributed by atoms with van der Waals surface area (Å²) in [4.78, 5) is 27.7. The molecule has 1 atom stereocenters. The van der Waals surface area contributed by atoms with Crippen molar-refractivity contribution in [3.8, 4) is 0 Å². The summed E-state index contributed by atoms with van der Waals surface area (Å²) >= 11 is 20.0. The Bertz CT molecular complexity index is 921. The number of amides is 2. The Morgan fingerprint density at radius 3 is 2.21 bits per heavy atom. The van der Waals surface area contributed by atoms with Gasteiger partial charge in [0, 0.05) is 45.0 Å². The molecule has 180 valence electrons. The number of thioether (sulfide) groups is 1. The molecule has 9 heteroatoms. The summed E-state index contributed by atoms with van der Waals surface area (Å²) in [5.74, 6) is -0.613. The Hall–Kier alpha value is -1.47. The van der Waals surface area contributed by atoms with E-state index in [1.807, 2.05) is 13.8 Å². The molecule has 0 radical (unpaired) electrons. The van der Waals surface area contributed by atoms with Crippen LogP contribution in [-0.4, -0.2) is 35.1 Å². The summed E-state index contributed by atoms with van der Waals surface area (Å²) in [7, 11) is 0. The second-order valence-corrected chi connectivity index (χ2v) is 9.69. The van der Waals surface area contributed by atoms with Gasteiger partial charge in [0.05, 0.1) is 5.75 Å². The van der Waals surface area contributed by atoms with Gasteiger partial charge in [0.1, 0.15) is 11.9 Å². The van der Waals surface area contributed by atoms with E-state index in [9.17, 15) is 14.0 Å². The van der Waals surface area contributed by atoms with E-state index in [1.165, 1.54) is 28.8 Å². The zero-order valence-electron chi connectivity index (χ0n) is 18.7. The van der Waals surface area contributed by atoms with Gasteiger partial charge in [-0.3, -0.25) is 9.59 Å². The Balaban J connectivity index is 2.21. The molecule has 33 heavy (non-hydrogen) atoms. The number of benzene rings is 2. The van der Waals surface area contributed by atoms with Crippen molar-refractivity contribution in [2.75, 3.05) is 12.3 Å². The number of nitrogens with one attached hydrogen (secondary N) is 1. The van der Waals surface area contributed by atoms with E-state index in [0.29, 0.717) is 39.2 Å². The Labute approximate surface area is 214 Å². The molecule has 0 heterocycles. The third kappa shape index (κ3) is 8.06. The van der Waals surface area contributed by atoms with Crippen molar-refractivity contribution in [2.24, 2.45) is 0 Å². The van der Waals surface area contributed by atoms with Crippen LogP contribution in [0.25, 0.3) is 0 Å². The summed E-state index contributed by atoms with van der Waals surface area (Å²) in [6.45, 7) is 4.53. The van der Waals surface area contributed by atoms with Crippen LogP contribution in [0.3, 0.4) is 0 Å². The van der Waals surface area contributed by atoms with E-state index in [1.54, 1.807) is 24.3 Å². The van der Waals surface area contributed by atoms with Crippen molar-refractivity contribution in [1.29, 1.82) is 0 Å². The summed E-state index contributed by atoms with van der Waals surface area (Å²) < 4.78 is 14.1. The van der Waals surface area contributed by atoms with E-state index in [4.69, 9.17) is 34.8 Å². The number of nitrogens with zero attached hydrogens (tertiary/aromatic N) is 1. The predicted molar refractivity (Wildman–Crippen MR) is 137 cm³/mol. The number of carbonyl (C=O) groups is 2. The van der Waals surface area contributed by atoms with Gasteiger partial charge in [-0.1, -0.05) is 67.2 Å². The number of hydrogen-bond acceptors (Lipinski definition) is 3. The van der Waals surface area contributed by atoms with E-state index in [2.05, 4.69) is 5.32 Å². The average Bonchev–Trinajstić information content (AvgIpc) is 2.77. The maximum Gasteiger partial charge on any atom is 0.242 e. The standard InChI is InChI=1S/C24H28Cl3FN2O2S/c1-3-5-12-29-24(32)22(4-2)30(13-16-18(25)8-6-9-19(16)26)23(31)15-33-14-17-20(27)10-7-11-21(17)28/h6-11,22H,3-5,12-15H2,1-2H3,(H,29,32)/t22-/m1/s1. The highest BCUT2D eigenvalue weighted by molar-refractivity contribution is 7.99. The van der Waals surface area contributed by atoms with Crippen LogP contribution in [0.2, 0.25) is 15.1 Å². The molecule has 1 N–H and O–H groups in total. The minimum atomic E-state index is -0.681. The van der Waals surface area contributed by atoms with Gasteiger partial charge in [-0.05, 0) is 37.1 Å². The lowest BCUT2D eigenvalue weighted by molar-refractivity contribution is -0.139. The molecule has 0 aliphatic heterocycles. The Morgan fingerprint density at radius 2 is 1.64 bits per heavy atom. The van der Waals surface area contributed by atoms with Gasteiger partial charge < -0.3 is 10.2 Å². The molecular formula is C24H28Cl3FN2O2S. The minimum Gasteiger partial charge on any atom is -0.354 e. The number of halogens is 4. The molecule has 2 aromatic carbocycles. The molecule has 0 saturated carbocycles. The molecule has 0 aliphatic rings. The fourth-order valence-electron chi connectivity index (χ4n) is 3.27. The molecule has 0 spiro atoms. The number of hydrogen-bond donors (Lipinski definition) is 1. The molecule has 2 aromatic rings. The van der Waals surface area contributed by atoms with Gasteiger partial charge in [-0.15, -0.1) is 11.8 Å². The van der Waals surface area contributed by atoms with Crippen molar-refractivity contribution in [3.63, 3.8) is 0 Å². The molecule has 0 aromatic heterocycles. The lowest BCUT2D eigenvalue weighted by Crippen LogP contribution is -2.49. The largest absolute Gasteiger partial charge is 0.354 e. The van der Waals surface area contributed by atoms with E-state index in [0.717, 1.165) is 12.8 Å². The summed E-state index contributed by atoms with van der Waals surface area (Å²) in [5.41, 5.74) is 0.929. The molecule has 4 nitrogen and oxygen atoms in total. The van der Waals surface area contributed by atoms with Crippen molar-refractivity contribution in [1.82, 2.24) is 10.2 Å². The topological polar surface area (TPSA) is 49.4 Å². The van der Waals surface area contributed by atoms with Crippen LogP contribution in [0.5, 0.6) is 0 Å². The number of rotatable bonds is 12. The van der Waals surface area contributed by atoms with Crippen LogP contribution < -0.4 is 5.32 Å². The van der Waals surface area contributed by atoms with Gasteiger partial charge in [-0.25, -0.2) is 4.39 Å². The molecule has 2 rings (SSSR count). The molecule has 2 amide bonds. The SMILES string of the molecule is CCCCNC(=O)[C@@H](CC)N(Cc1c(Cl)cccc1Cl)C(=O)CSCc1c(F)cccc1Cl. The minimum absolute atomic E-state index is 0.0471. The van der Waals surface area contributed by atoms with Crippen molar-refractivity contribution in [3.05, 3.63) is 68.4 Å². The third-order valence-corrected chi connectivity index (χ3v) is 7.15. The fraction of sp³-hybridized carbons (Fsp3) is 0.417. The monoisotopic (exact) mass is 532 g/mol. The Kier molecular flexibility index (Phi) is 11.8. The predicted octanol–water partition coefficient (Wildman–Crippen LogP) is 6.74. The van der Waals surface area contributed by atoms with Crippen LogP contribution in [-0.2, 0) is 21.9 Å². The van der Waals surface area contributed by atoms with Crippen molar-refractivity contribution in [2.45, 2.75) is 51.4 Å². The van der Waals surface area contributed by atoms with Crippen LogP contribution in [0.1, 0.15) is 44.2 Å². The quantitative estimate of drug-likeness (QED) is 0.307. The lowest BCUT2D eigenvalue weighted by Gasteiger charge is -2.31. The van der Waals surface area contributed by atoms with Crippen LogP contribution in [0, 0.1) is 5.82 Å². The van der Waals surface area contributed by atoms with Gasteiger partial charge in [0.15, 0.2) is 0 Å². The molecule has 0 fully saturated rings. The maximum absolute atomic E-state index is 14.1. The van der Waals surface area contributed by atoms with E-state index in [-0.39, 0.29) is 29.9 Å². The van der Waals surface area contributed by atoms with Gasteiger partial charge in [0.25, 0.3) is 0 Å². The first kappa shape index (κ1) is 27.8. The first-order valence-corrected chi connectivity index (χ1v) is 13.1. The normalized spacial score (nSPS) is 11.8. The summed E-state index contributed by atoms with van der Waals surface area (Å²) in [6, 6.07) is 8.92. The highest BCUT2D eigenvalue weighted by Crippen LogP contribution is 2.28. The smallest absolute Gasteiger partial charge is 0.242 e. The zero-order valence-corrected chi connectivity index (χ0v) is 21.8. The lowest BCUT2D eigenvalue weighted by atomic mass is 10.1. The van der Waals surface area contributed by atoms with Gasteiger partial charge >= 0.3 is 0 Å². The highest BCUT2D eigenvalue weighted by atomic mass is 35.5. The molecule has 0 bridgehead atoms. The molecule has 0 unspecified atom stereocenters. The third-order valence-electron chi connectivity index (χ3n) is 5.14. The molecular weight excluding hydrogens is 506 g/mol. The second kappa shape index (κ2) is 14.1. The molecule has 0 saturated heterocycles. The maximum atomic E-state index is 14.1.